The van der Waals surface area contributed by atoms with Crippen molar-refractivity contribution >= 4 is 11.6 Å². The lowest BCUT2D eigenvalue weighted by Gasteiger charge is -2.23. The molecule has 0 spiro atoms. The number of aliphatic hydroxyl groups is 1. The SMILES string of the molecule is CCn1ncc(Cl)c1C(C)(O)c1ccoc1. The highest BCUT2D eigenvalue weighted by atomic mass is 35.5. The Morgan fingerprint density at radius 1 is 1.62 bits per heavy atom. The molecular weight excluding hydrogens is 228 g/mol. The Kier molecular flexibility index (Phi) is 2.78. The fraction of sp³-hybridized carbons (Fsp3) is 0.364. The molecule has 0 aliphatic carbocycles. The number of halogens is 1. The van der Waals surface area contributed by atoms with E-state index in [4.69, 9.17) is 16.0 Å². The van der Waals surface area contributed by atoms with E-state index in [0.717, 1.165) is 0 Å². The van der Waals surface area contributed by atoms with Crippen molar-refractivity contribution in [2.24, 2.45) is 0 Å². The van der Waals surface area contributed by atoms with Gasteiger partial charge in [0.05, 0.1) is 29.4 Å². The fourth-order valence-electron chi connectivity index (χ4n) is 1.76. The Balaban J connectivity index is 2.54. The van der Waals surface area contributed by atoms with Crippen LogP contribution < -0.4 is 0 Å². The molecule has 2 aromatic heterocycles. The van der Waals surface area contributed by atoms with Crippen LogP contribution in [0.25, 0.3) is 0 Å². The predicted molar refractivity (Wildman–Crippen MR) is 60.3 cm³/mol. The van der Waals surface area contributed by atoms with Crippen molar-refractivity contribution in [1.29, 1.82) is 0 Å². The van der Waals surface area contributed by atoms with Crippen molar-refractivity contribution in [2.45, 2.75) is 26.0 Å². The summed E-state index contributed by atoms with van der Waals surface area (Å²) in [6, 6.07) is 1.71. The molecule has 0 radical (unpaired) electrons. The van der Waals surface area contributed by atoms with Crippen LogP contribution in [0.3, 0.4) is 0 Å². The summed E-state index contributed by atoms with van der Waals surface area (Å²) in [6.45, 7) is 4.27. The Labute approximate surface area is 98.4 Å². The van der Waals surface area contributed by atoms with E-state index in [9.17, 15) is 5.11 Å². The third-order valence-corrected chi connectivity index (χ3v) is 2.92. The zero-order valence-electron chi connectivity index (χ0n) is 9.14. The van der Waals surface area contributed by atoms with E-state index in [2.05, 4.69) is 5.10 Å². The molecule has 2 heterocycles. The van der Waals surface area contributed by atoms with Gasteiger partial charge in [0.2, 0.25) is 0 Å². The van der Waals surface area contributed by atoms with Crippen LogP contribution >= 0.6 is 11.6 Å². The maximum absolute atomic E-state index is 10.5. The summed E-state index contributed by atoms with van der Waals surface area (Å²) in [5, 5.41) is 15.1. The van der Waals surface area contributed by atoms with Crippen molar-refractivity contribution in [3.8, 4) is 0 Å². The van der Waals surface area contributed by atoms with Gasteiger partial charge in [-0.15, -0.1) is 0 Å². The molecule has 1 unspecified atom stereocenters. The van der Waals surface area contributed by atoms with Gasteiger partial charge in [0, 0.05) is 12.1 Å². The Bertz CT molecular complexity index is 474. The average molecular weight is 241 g/mol. The third-order valence-electron chi connectivity index (χ3n) is 2.64. The van der Waals surface area contributed by atoms with E-state index in [-0.39, 0.29) is 0 Å². The Morgan fingerprint density at radius 2 is 2.38 bits per heavy atom. The first kappa shape index (κ1) is 11.2. The third kappa shape index (κ3) is 1.64. The maximum atomic E-state index is 10.5. The minimum atomic E-state index is -1.20. The quantitative estimate of drug-likeness (QED) is 0.896. The van der Waals surface area contributed by atoms with E-state index in [1.165, 1.54) is 18.7 Å². The van der Waals surface area contributed by atoms with Gasteiger partial charge in [0.1, 0.15) is 5.60 Å². The monoisotopic (exact) mass is 240 g/mol. The molecule has 0 bridgehead atoms. The number of furan rings is 1. The molecule has 0 aliphatic rings. The molecule has 1 N–H and O–H groups in total. The highest BCUT2D eigenvalue weighted by molar-refractivity contribution is 6.31. The van der Waals surface area contributed by atoms with E-state index in [1.807, 2.05) is 6.92 Å². The molecule has 0 fully saturated rings. The van der Waals surface area contributed by atoms with Gasteiger partial charge in [-0.25, -0.2) is 0 Å². The van der Waals surface area contributed by atoms with Gasteiger partial charge in [-0.2, -0.15) is 5.10 Å². The lowest BCUT2D eigenvalue weighted by Crippen LogP contribution is -2.26. The Morgan fingerprint density at radius 3 is 2.94 bits per heavy atom. The summed E-state index contributed by atoms with van der Waals surface area (Å²) in [5.41, 5.74) is 0.0408. The molecule has 0 saturated heterocycles. The van der Waals surface area contributed by atoms with Crippen LogP contribution in [0.1, 0.15) is 25.1 Å². The summed E-state index contributed by atoms with van der Waals surface area (Å²) in [6.07, 6.45) is 4.56. The summed E-state index contributed by atoms with van der Waals surface area (Å²) in [7, 11) is 0. The number of rotatable bonds is 3. The molecule has 2 rings (SSSR count). The van der Waals surface area contributed by atoms with E-state index in [0.29, 0.717) is 22.8 Å². The van der Waals surface area contributed by atoms with Gasteiger partial charge in [-0.05, 0) is 19.9 Å². The van der Waals surface area contributed by atoms with Gasteiger partial charge >= 0.3 is 0 Å². The molecule has 0 aromatic carbocycles. The second kappa shape index (κ2) is 3.96. The number of aryl methyl sites for hydroxylation is 1. The predicted octanol–water partition coefficient (Wildman–Crippen LogP) is 2.41. The molecule has 1 atom stereocenters. The van der Waals surface area contributed by atoms with Gasteiger partial charge in [0.25, 0.3) is 0 Å². The second-order valence-corrected chi connectivity index (χ2v) is 4.15. The van der Waals surface area contributed by atoms with Crippen molar-refractivity contribution in [3.05, 3.63) is 41.1 Å². The number of aromatic nitrogens is 2. The van der Waals surface area contributed by atoms with Crippen molar-refractivity contribution in [3.63, 3.8) is 0 Å². The first-order chi connectivity index (χ1) is 7.57. The largest absolute Gasteiger partial charge is 0.472 e. The molecule has 5 heteroatoms. The zero-order valence-corrected chi connectivity index (χ0v) is 9.90. The zero-order chi connectivity index (χ0) is 11.8. The highest BCUT2D eigenvalue weighted by Gasteiger charge is 2.32. The standard InChI is InChI=1S/C11H13ClN2O2/c1-3-14-10(9(12)6-13-14)11(2,15)8-4-5-16-7-8/h4-7,15H,3H2,1-2H3. The van der Waals surface area contributed by atoms with Crippen LogP contribution in [-0.4, -0.2) is 14.9 Å². The normalized spacial score (nSPS) is 15.0. The highest BCUT2D eigenvalue weighted by Crippen LogP contribution is 2.33. The molecule has 0 saturated carbocycles. The molecule has 0 amide bonds. The van der Waals surface area contributed by atoms with Crippen LogP contribution in [-0.2, 0) is 12.1 Å². The van der Waals surface area contributed by atoms with Gasteiger partial charge in [-0.1, -0.05) is 11.6 Å². The smallest absolute Gasteiger partial charge is 0.133 e. The molecule has 0 aliphatic heterocycles. The van der Waals surface area contributed by atoms with Crippen LogP contribution in [0.2, 0.25) is 5.02 Å². The molecule has 2 aromatic rings. The summed E-state index contributed by atoms with van der Waals surface area (Å²) in [4.78, 5) is 0. The van der Waals surface area contributed by atoms with E-state index < -0.39 is 5.60 Å². The minimum Gasteiger partial charge on any atom is -0.472 e. The lowest BCUT2D eigenvalue weighted by atomic mass is 9.95. The molecular formula is C11H13ClN2O2. The van der Waals surface area contributed by atoms with Gasteiger partial charge in [-0.3, -0.25) is 4.68 Å². The van der Waals surface area contributed by atoms with Gasteiger partial charge in [0.15, 0.2) is 0 Å². The van der Waals surface area contributed by atoms with Crippen LogP contribution in [0.15, 0.2) is 29.2 Å². The van der Waals surface area contributed by atoms with Crippen LogP contribution in [0.5, 0.6) is 0 Å². The van der Waals surface area contributed by atoms with E-state index in [1.54, 1.807) is 17.7 Å². The summed E-state index contributed by atoms with van der Waals surface area (Å²) in [5.74, 6) is 0. The number of nitrogens with zero attached hydrogens (tertiary/aromatic N) is 2. The van der Waals surface area contributed by atoms with E-state index >= 15 is 0 Å². The second-order valence-electron chi connectivity index (χ2n) is 3.74. The minimum absolute atomic E-state index is 0.452. The summed E-state index contributed by atoms with van der Waals surface area (Å²) >= 11 is 6.05. The number of hydrogen-bond donors (Lipinski definition) is 1. The van der Waals surface area contributed by atoms with Gasteiger partial charge < -0.3 is 9.52 Å². The summed E-state index contributed by atoms with van der Waals surface area (Å²) < 4.78 is 6.66. The first-order valence-electron chi connectivity index (χ1n) is 5.04. The Hall–Kier alpha value is -1.26. The molecule has 4 nitrogen and oxygen atoms in total. The van der Waals surface area contributed by atoms with Crippen molar-refractivity contribution in [1.82, 2.24) is 9.78 Å². The van der Waals surface area contributed by atoms with Crippen LogP contribution in [0.4, 0.5) is 0 Å². The molecule has 86 valence electrons. The molecule has 16 heavy (non-hydrogen) atoms. The fourth-order valence-corrected chi connectivity index (χ4v) is 2.09. The topological polar surface area (TPSA) is 51.2 Å². The van der Waals surface area contributed by atoms with Crippen molar-refractivity contribution in [2.75, 3.05) is 0 Å². The number of hydrogen-bond acceptors (Lipinski definition) is 3. The first-order valence-corrected chi connectivity index (χ1v) is 5.42. The lowest BCUT2D eigenvalue weighted by molar-refractivity contribution is 0.0912. The van der Waals surface area contributed by atoms with Crippen LogP contribution in [0, 0.1) is 0 Å². The maximum Gasteiger partial charge on any atom is 0.133 e. The average Bonchev–Trinajstić information content (AvgIpc) is 2.85. The van der Waals surface area contributed by atoms with Crippen molar-refractivity contribution < 1.29 is 9.52 Å².